The molecular formula is C12H12O2. The van der Waals surface area contributed by atoms with Gasteiger partial charge >= 0.3 is 5.97 Å². The molecule has 0 aliphatic carbocycles. The zero-order valence-corrected chi connectivity index (χ0v) is 8.28. The minimum absolute atomic E-state index is 0.0739. The molecule has 1 unspecified atom stereocenters. The fourth-order valence-corrected chi connectivity index (χ4v) is 1.57. The Bertz CT molecular complexity index is 390. The van der Waals surface area contributed by atoms with Gasteiger partial charge in [0.15, 0.2) is 0 Å². The molecule has 0 saturated carbocycles. The van der Waals surface area contributed by atoms with E-state index in [0.29, 0.717) is 0 Å². The number of allylic oxidation sites excluding steroid dienone is 1. The van der Waals surface area contributed by atoms with Gasteiger partial charge in [-0.3, -0.25) is 4.79 Å². The molecule has 1 heterocycles. The van der Waals surface area contributed by atoms with E-state index >= 15 is 0 Å². The van der Waals surface area contributed by atoms with E-state index in [1.807, 2.05) is 44.2 Å². The monoisotopic (exact) mass is 188 g/mol. The number of esters is 1. The maximum absolute atomic E-state index is 10.9. The number of ether oxygens (including phenoxy) is 1. The van der Waals surface area contributed by atoms with Gasteiger partial charge in [-0.25, -0.2) is 0 Å². The van der Waals surface area contributed by atoms with Gasteiger partial charge in [0.05, 0.1) is 0 Å². The molecule has 2 nitrogen and oxygen atoms in total. The minimum Gasteiger partial charge on any atom is -0.429 e. The fourth-order valence-electron chi connectivity index (χ4n) is 1.57. The second-order valence-corrected chi connectivity index (χ2v) is 3.50. The van der Waals surface area contributed by atoms with Crippen molar-refractivity contribution in [2.75, 3.05) is 0 Å². The molecule has 1 aliphatic heterocycles. The van der Waals surface area contributed by atoms with Crippen LogP contribution in [0.1, 0.15) is 19.4 Å². The standard InChI is InChI=1S/C12H12O2/c1-8(10-6-4-3-5-7-10)11-9(2)12(13)14-11/h3-7,9H,1-2H3/b11-8-. The van der Waals surface area contributed by atoms with E-state index in [0.717, 1.165) is 16.9 Å². The van der Waals surface area contributed by atoms with Crippen molar-refractivity contribution in [1.29, 1.82) is 0 Å². The van der Waals surface area contributed by atoms with Gasteiger partial charge in [-0.15, -0.1) is 0 Å². The van der Waals surface area contributed by atoms with Crippen LogP contribution in [0, 0.1) is 5.92 Å². The Labute approximate surface area is 83.2 Å². The van der Waals surface area contributed by atoms with E-state index in [4.69, 9.17) is 4.74 Å². The van der Waals surface area contributed by atoms with Crippen LogP contribution in [0.15, 0.2) is 36.1 Å². The number of benzene rings is 1. The summed E-state index contributed by atoms with van der Waals surface area (Å²) in [4.78, 5) is 10.9. The fraction of sp³-hybridized carbons (Fsp3) is 0.250. The maximum Gasteiger partial charge on any atom is 0.321 e. The lowest BCUT2D eigenvalue weighted by molar-refractivity contribution is -0.155. The summed E-state index contributed by atoms with van der Waals surface area (Å²) in [5, 5.41) is 0. The van der Waals surface area contributed by atoms with Gasteiger partial charge in [0.2, 0.25) is 0 Å². The summed E-state index contributed by atoms with van der Waals surface area (Å²) < 4.78 is 5.01. The molecule has 72 valence electrons. The van der Waals surface area contributed by atoms with Gasteiger partial charge < -0.3 is 4.74 Å². The number of hydrogen-bond acceptors (Lipinski definition) is 2. The van der Waals surface area contributed by atoms with Crippen molar-refractivity contribution in [2.45, 2.75) is 13.8 Å². The first-order valence-electron chi connectivity index (χ1n) is 4.68. The van der Waals surface area contributed by atoms with Gasteiger partial charge in [0.25, 0.3) is 0 Å². The highest BCUT2D eigenvalue weighted by molar-refractivity contribution is 5.87. The van der Waals surface area contributed by atoms with Crippen LogP contribution in [0.25, 0.3) is 5.57 Å². The van der Waals surface area contributed by atoms with Crippen molar-refractivity contribution < 1.29 is 9.53 Å². The van der Waals surface area contributed by atoms with Crippen LogP contribution in [-0.2, 0) is 9.53 Å². The van der Waals surface area contributed by atoms with Crippen LogP contribution in [0.4, 0.5) is 0 Å². The lowest BCUT2D eigenvalue weighted by Crippen LogP contribution is -2.30. The van der Waals surface area contributed by atoms with Gasteiger partial charge in [-0.1, -0.05) is 30.3 Å². The van der Waals surface area contributed by atoms with Crippen LogP contribution < -0.4 is 0 Å². The zero-order valence-electron chi connectivity index (χ0n) is 8.28. The topological polar surface area (TPSA) is 26.3 Å². The Balaban J connectivity index is 2.33. The number of cyclic esters (lactones) is 1. The molecular weight excluding hydrogens is 176 g/mol. The largest absolute Gasteiger partial charge is 0.429 e. The summed E-state index contributed by atoms with van der Waals surface area (Å²) >= 11 is 0. The first-order chi connectivity index (χ1) is 6.70. The van der Waals surface area contributed by atoms with E-state index in [1.54, 1.807) is 0 Å². The van der Waals surface area contributed by atoms with Gasteiger partial charge in [-0.2, -0.15) is 0 Å². The summed E-state index contributed by atoms with van der Waals surface area (Å²) in [5.74, 6) is 0.603. The van der Waals surface area contributed by atoms with E-state index in [2.05, 4.69) is 0 Å². The summed E-state index contributed by atoms with van der Waals surface area (Å²) in [6.45, 7) is 3.85. The second kappa shape index (κ2) is 3.29. The summed E-state index contributed by atoms with van der Waals surface area (Å²) in [7, 11) is 0. The Morgan fingerprint density at radius 1 is 1.29 bits per heavy atom. The summed E-state index contributed by atoms with van der Waals surface area (Å²) in [5.41, 5.74) is 2.17. The first kappa shape index (κ1) is 9.00. The second-order valence-electron chi connectivity index (χ2n) is 3.50. The van der Waals surface area contributed by atoms with Crippen molar-refractivity contribution in [1.82, 2.24) is 0 Å². The average Bonchev–Trinajstić information content (AvgIpc) is 2.25. The molecule has 1 aliphatic rings. The van der Waals surface area contributed by atoms with Crippen molar-refractivity contribution >= 4 is 11.5 Å². The van der Waals surface area contributed by atoms with Crippen molar-refractivity contribution in [2.24, 2.45) is 5.92 Å². The Morgan fingerprint density at radius 2 is 1.93 bits per heavy atom. The number of hydrogen-bond donors (Lipinski definition) is 0. The number of carbonyl (C=O) groups excluding carboxylic acids is 1. The average molecular weight is 188 g/mol. The lowest BCUT2D eigenvalue weighted by Gasteiger charge is -2.26. The molecule has 2 heteroatoms. The van der Waals surface area contributed by atoms with Crippen LogP contribution in [0.3, 0.4) is 0 Å². The number of carbonyl (C=O) groups is 1. The number of rotatable bonds is 1. The maximum atomic E-state index is 10.9. The highest BCUT2D eigenvalue weighted by Gasteiger charge is 2.34. The molecule has 1 aromatic carbocycles. The third kappa shape index (κ3) is 1.33. The van der Waals surface area contributed by atoms with Gasteiger partial charge in [0.1, 0.15) is 11.7 Å². The van der Waals surface area contributed by atoms with Crippen LogP contribution in [-0.4, -0.2) is 5.97 Å². The predicted molar refractivity (Wildman–Crippen MR) is 54.3 cm³/mol. The van der Waals surface area contributed by atoms with E-state index in [9.17, 15) is 4.79 Å². The Hall–Kier alpha value is -1.57. The summed E-state index contributed by atoms with van der Waals surface area (Å²) in [6.07, 6.45) is 0. The van der Waals surface area contributed by atoms with Crippen molar-refractivity contribution in [3.63, 3.8) is 0 Å². The van der Waals surface area contributed by atoms with Crippen molar-refractivity contribution in [3.8, 4) is 0 Å². The molecule has 0 aromatic heterocycles. The van der Waals surface area contributed by atoms with E-state index in [-0.39, 0.29) is 11.9 Å². The molecule has 0 radical (unpaired) electrons. The van der Waals surface area contributed by atoms with Crippen LogP contribution in [0.5, 0.6) is 0 Å². The van der Waals surface area contributed by atoms with Crippen LogP contribution in [0.2, 0.25) is 0 Å². The quantitative estimate of drug-likeness (QED) is 0.633. The normalized spacial score (nSPS) is 23.9. The van der Waals surface area contributed by atoms with Gasteiger partial charge in [0, 0.05) is 0 Å². The smallest absolute Gasteiger partial charge is 0.321 e. The molecule has 1 atom stereocenters. The van der Waals surface area contributed by atoms with Crippen LogP contribution >= 0.6 is 0 Å². The van der Waals surface area contributed by atoms with E-state index < -0.39 is 0 Å². The first-order valence-corrected chi connectivity index (χ1v) is 4.68. The molecule has 0 bridgehead atoms. The van der Waals surface area contributed by atoms with E-state index in [1.165, 1.54) is 0 Å². The van der Waals surface area contributed by atoms with Gasteiger partial charge in [-0.05, 0) is 25.0 Å². The molecule has 2 rings (SSSR count). The molecule has 1 fully saturated rings. The predicted octanol–water partition coefficient (Wildman–Crippen LogP) is 2.61. The third-order valence-electron chi connectivity index (χ3n) is 2.53. The molecule has 1 aromatic rings. The third-order valence-corrected chi connectivity index (χ3v) is 2.53. The molecule has 0 amide bonds. The molecule has 0 N–H and O–H groups in total. The molecule has 1 saturated heterocycles. The SMILES string of the molecule is C/C(=C1/OC(=O)C1C)c1ccccc1. The lowest BCUT2D eigenvalue weighted by atomic mass is 9.96. The zero-order chi connectivity index (χ0) is 10.1. The Kier molecular flexibility index (Phi) is 2.12. The summed E-state index contributed by atoms with van der Waals surface area (Å²) in [6, 6.07) is 9.95. The highest BCUT2D eigenvalue weighted by atomic mass is 16.6. The molecule has 0 spiro atoms. The van der Waals surface area contributed by atoms with Crippen molar-refractivity contribution in [3.05, 3.63) is 41.7 Å². The molecule has 14 heavy (non-hydrogen) atoms. The Morgan fingerprint density at radius 3 is 2.43 bits per heavy atom. The minimum atomic E-state index is -0.129. The highest BCUT2D eigenvalue weighted by Crippen LogP contribution is 2.32.